The highest BCUT2D eigenvalue weighted by atomic mass is 16.7. The van der Waals surface area contributed by atoms with Gasteiger partial charge >= 0.3 is 17.9 Å². The Morgan fingerprint density at radius 1 is 0.933 bits per heavy atom. The zero-order valence-electron chi connectivity index (χ0n) is 17.9. The minimum atomic E-state index is -0.705. The van der Waals surface area contributed by atoms with Crippen molar-refractivity contribution in [3.63, 3.8) is 0 Å². The van der Waals surface area contributed by atoms with Gasteiger partial charge in [0.05, 0.1) is 23.7 Å². The molecule has 162 valence electrons. The number of ether oxygens (including phenoxy) is 4. The molecule has 0 fully saturated rings. The van der Waals surface area contributed by atoms with Gasteiger partial charge in [0.2, 0.25) is 6.79 Å². The number of hydrogen-bond donors (Lipinski definition) is 0. The summed E-state index contributed by atoms with van der Waals surface area (Å²) in [6.45, 7) is 6.27. The molecular weight excluding hydrogens is 390 g/mol. The predicted octanol–water partition coefficient (Wildman–Crippen LogP) is 2.86. The molecule has 30 heavy (non-hydrogen) atoms. The lowest BCUT2D eigenvalue weighted by Gasteiger charge is -2.37. The van der Waals surface area contributed by atoms with E-state index < -0.39 is 30.6 Å². The van der Waals surface area contributed by atoms with E-state index in [0.29, 0.717) is 17.0 Å². The third-order valence-electron chi connectivity index (χ3n) is 4.73. The van der Waals surface area contributed by atoms with Gasteiger partial charge in [0.15, 0.2) is 0 Å². The Hall–Kier alpha value is -3.13. The molecule has 0 N–H and O–H groups in total. The maximum atomic E-state index is 13.0. The van der Waals surface area contributed by atoms with Gasteiger partial charge in [-0.15, -0.1) is 0 Å². The van der Waals surface area contributed by atoms with Gasteiger partial charge in [0.25, 0.3) is 0 Å². The van der Waals surface area contributed by atoms with Crippen LogP contribution in [0.1, 0.15) is 39.2 Å². The molecule has 2 rings (SSSR count). The van der Waals surface area contributed by atoms with Crippen molar-refractivity contribution in [1.82, 2.24) is 4.90 Å². The van der Waals surface area contributed by atoms with Crippen molar-refractivity contribution in [2.24, 2.45) is 0 Å². The first-order valence-corrected chi connectivity index (χ1v) is 9.53. The van der Waals surface area contributed by atoms with Gasteiger partial charge in [0.1, 0.15) is 6.73 Å². The molecule has 0 saturated heterocycles. The Morgan fingerprint density at radius 3 is 2.00 bits per heavy atom. The summed E-state index contributed by atoms with van der Waals surface area (Å²) in [5, 5.41) is 0. The van der Waals surface area contributed by atoms with Crippen LogP contribution in [0.3, 0.4) is 0 Å². The lowest BCUT2D eigenvalue weighted by Crippen LogP contribution is -2.36. The van der Waals surface area contributed by atoms with E-state index in [-0.39, 0.29) is 18.9 Å². The van der Waals surface area contributed by atoms with Crippen LogP contribution in [0.4, 0.5) is 0 Å². The van der Waals surface area contributed by atoms with Crippen molar-refractivity contribution in [2.75, 3.05) is 27.2 Å². The molecular formula is C22H27NO7. The van der Waals surface area contributed by atoms with Crippen LogP contribution >= 0.6 is 0 Å². The summed E-state index contributed by atoms with van der Waals surface area (Å²) in [5.41, 5.74) is 2.50. The van der Waals surface area contributed by atoms with Crippen molar-refractivity contribution < 1.29 is 33.3 Å². The second-order valence-corrected chi connectivity index (χ2v) is 6.59. The molecule has 0 aliphatic carbocycles. The van der Waals surface area contributed by atoms with Gasteiger partial charge in [-0.1, -0.05) is 30.3 Å². The lowest BCUT2D eigenvalue weighted by molar-refractivity contribution is -0.163. The highest BCUT2D eigenvalue weighted by Crippen LogP contribution is 2.42. The highest BCUT2D eigenvalue weighted by molar-refractivity contribution is 5.99. The predicted molar refractivity (Wildman–Crippen MR) is 108 cm³/mol. The van der Waals surface area contributed by atoms with Gasteiger partial charge in [0, 0.05) is 25.4 Å². The smallest absolute Gasteiger partial charge is 0.339 e. The van der Waals surface area contributed by atoms with Crippen molar-refractivity contribution in [2.45, 2.75) is 33.6 Å². The van der Waals surface area contributed by atoms with Crippen LogP contribution in [0.5, 0.6) is 0 Å². The molecule has 1 unspecified atom stereocenters. The average molecular weight is 417 g/mol. The largest absolute Gasteiger partial charge is 0.463 e. The number of esters is 3. The maximum Gasteiger partial charge on any atom is 0.339 e. The van der Waals surface area contributed by atoms with Crippen LogP contribution in [0, 0.1) is 0 Å². The molecule has 1 aliphatic heterocycles. The van der Waals surface area contributed by atoms with Gasteiger partial charge in [-0.05, 0) is 26.3 Å². The van der Waals surface area contributed by atoms with Crippen LogP contribution in [0.25, 0.3) is 0 Å². The first kappa shape index (κ1) is 23.2. The van der Waals surface area contributed by atoms with Crippen molar-refractivity contribution in [3.8, 4) is 0 Å². The molecule has 0 amide bonds. The number of carbonyl (C=O) groups excluding carboxylic acids is 3. The number of benzene rings is 1. The molecule has 0 radical (unpaired) electrons. The molecule has 1 heterocycles. The molecule has 0 aromatic heterocycles. The highest BCUT2D eigenvalue weighted by Gasteiger charge is 2.40. The van der Waals surface area contributed by atoms with Crippen LogP contribution in [-0.4, -0.2) is 50.0 Å². The number of rotatable bonds is 8. The summed E-state index contributed by atoms with van der Waals surface area (Å²) in [4.78, 5) is 38.7. The van der Waals surface area contributed by atoms with Crippen LogP contribution in [-0.2, 0) is 33.3 Å². The van der Waals surface area contributed by atoms with E-state index in [1.54, 1.807) is 25.7 Å². The van der Waals surface area contributed by atoms with Gasteiger partial charge in [-0.2, -0.15) is 0 Å². The second-order valence-electron chi connectivity index (χ2n) is 6.59. The summed E-state index contributed by atoms with van der Waals surface area (Å²) in [6, 6.07) is 9.16. The molecule has 8 nitrogen and oxygen atoms in total. The van der Waals surface area contributed by atoms with Crippen LogP contribution in [0.15, 0.2) is 52.9 Å². The monoisotopic (exact) mass is 417 g/mol. The number of nitrogens with zero attached hydrogens (tertiary/aromatic N) is 1. The van der Waals surface area contributed by atoms with Gasteiger partial charge < -0.3 is 23.8 Å². The quantitative estimate of drug-likeness (QED) is 0.471. The maximum absolute atomic E-state index is 13.0. The number of carbonyl (C=O) groups is 3. The van der Waals surface area contributed by atoms with E-state index in [2.05, 4.69) is 0 Å². The van der Waals surface area contributed by atoms with E-state index in [1.165, 1.54) is 14.0 Å². The minimum absolute atomic E-state index is 0.128. The van der Waals surface area contributed by atoms with Crippen molar-refractivity contribution in [3.05, 3.63) is 58.4 Å². The van der Waals surface area contributed by atoms with Crippen molar-refractivity contribution >= 4 is 17.9 Å². The summed E-state index contributed by atoms with van der Waals surface area (Å²) >= 11 is 0. The Kier molecular flexibility index (Phi) is 8.17. The third kappa shape index (κ3) is 5.07. The standard InChI is InChI=1S/C22H27NO7/c1-6-28-21(25)18-14(2)23(12-27-5)15(3)19(22(26)30-13-29-16(4)24)20(18)17-10-8-7-9-11-17/h7-11,20H,6,12-13H2,1-5H3. The molecule has 0 bridgehead atoms. The second kappa shape index (κ2) is 10.6. The molecule has 1 atom stereocenters. The Bertz CT molecular complexity index is 857. The normalized spacial score (nSPS) is 16.4. The fourth-order valence-electron chi connectivity index (χ4n) is 3.39. The van der Waals surface area contributed by atoms with Gasteiger partial charge in [-0.25, -0.2) is 9.59 Å². The number of allylic oxidation sites excluding steroid dienone is 2. The molecule has 0 saturated carbocycles. The number of hydrogen-bond acceptors (Lipinski definition) is 8. The Labute approximate surface area is 176 Å². The third-order valence-corrected chi connectivity index (χ3v) is 4.73. The van der Waals surface area contributed by atoms with Crippen LogP contribution < -0.4 is 0 Å². The minimum Gasteiger partial charge on any atom is -0.463 e. The van der Waals surface area contributed by atoms with E-state index >= 15 is 0 Å². The molecule has 1 aliphatic rings. The topological polar surface area (TPSA) is 91.4 Å². The average Bonchev–Trinajstić information content (AvgIpc) is 2.71. The molecule has 1 aromatic rings. The Morgan fingerprint density at radius 2 is 1.50 bits per heavy atom. The van der Waals surface area contributed by atoms with Crippen molar-refractivity contribution in [1.29, 1.82) is 0 Å². The fourth-order valence-corrected chi connectivity index (χ4v) is 3.39. The zero-order valence-corrected chi connectivity index (χ0v) is 17.9. The fraction of sp³-hybridized carbons (Fsp3) is 0.409. The van der Waals surface area contributed by atoms with Gasteiger partial charge in [-0.3, -0.25) is 4.79 Å². The Balaban J connectivity index is 2.61. The summed E-state index contributed by atoms with van der Waals surface area (Å²) in [5.74, 6) is -2.50. The van der Waals surface area contributed by atoms with E-state index in [9.17, 15) is 14.4 Å². The number of methoxy groups -OCH3 is 1. The van der Waals surface area contributed by atoms with E-state index in [4.69, 9.17) is 18.9 Å². The van der Waals surface area contributed by atoms with Crippen LogP contribution in [0.2, 0.25) is 0 Å². The van der Waals surface area contributed by atoms with E-state index in [1.807, 2.05) is 30.3 Å². The molecule has 8 heteroatoms. The summed E-state index contributed by atoms with van der Waals surface area (Å²) in [7, 11) is 1.52. The summed E-state index contributed by atoms with van der Waals surface area (Å²) in [6.07, 6.45) is 0. The SMILES string of the molecule is CCOC(=O)C1=C(C)N(COC)C(C)=C(C(=O)OCOC(C)=O)C1c1ccccc1. The summed E-state index contributed by atoms with van der Waals surface area (Å²) < 4.78 is 20.5. The molecule has 0 spiro atoms. The lowest BCUT2D eigenvalue weighted by atomic mass is 9.80. The first-order valence-electron chi connectivity index (χ1n) is 9.53. The molecule has 1 aromatic carbocycles. The zero-order chi connectivity index (χ0) is 22.3. The first-order chi connectivity index (χ1) is 14.3. The van der Waals surface area contributed by atoms with E-state index in [0.717, 1.165) is 5.56 Å².